The van der Waals surface area contributed by atoms with E-state index >= 15 is 0 Å². The largest absolute Gasteiger partial charge is 0.370 e. The maximum atomic E-state index is 5.75. The number of aromatic nitrogens is 2. The summed E-state index contributed by atoms with van der Waals surface area (Å²) in [6.45, 7) is 5.85. The van der Waals surface area contributed by atoms with Crippen LogP contribution in [-0.4, -0.2) is 30.4 Å². The Hall–Kier alpha value is -0.980. The van der Waals surface area contributed by atoms with E-state index < -0.39 is 5.60 Å². The Morgan fingerprint density at radius 1 is 1.25 bits per heavy atom. The Morgan fingerprint density at radius 2 is 1.95 bits per heavy atom. The third-order valence-electron chi connectivity index (χ3n) is 4.17. The second-order valence-corrected chi connectivity index (χ2v) is 6.22. The van der Waals surface area contributed by atoms with E-state index in [1.54, 1.807) is 7.11 Å². The second-order valence-electron chi connectivity index (χ2n) is 6.22. The molecule has 0 radical (unpaired) electrons. The van der Waals surface area contributed by atoms with Crippen LogP contribution in [0, 0.1) is 5.41 Å². The lowest BCUT2D eigenvalue weighted by molar-refractivity contribution is -0.0740. The molecule has 6 heteroatoms. The van der Waals surface area contributed by atoms with Crippen molar-refractivity contribution in [2.45, 2.75) is 51.7 Å². The van der Waals surface area contributed by atoms with Crippen molar-refractivity contribution in [1.82, 2.24) is 10.1 Å². The first-order chi connectivity index (χ1) is 9.51. The van der Waals surface area contributed by atoms with Crippen LogP contribution < -0.4 is 5.73 Å². The maximum Gasteiger partial charge on any atom is 0.252 e. The van der Waals surface area contributed by atoms with Crippen molar-refractivity contribution in [3.8, 4) is 0 Å². The van der Waals surface area contributed by atoms with E-state index in [1.165, 1.54) is 0 Å². The molecule has 0 aromatic carbocycles. The summed E-state index contributed by atoms with van der Waals surface area (Å²) >= 11 is 0. The molecule has 0 amide bonds. The first-order valence-electron chi connectivity index (χ1n) is 7.17. The highest BCUT2D eigenvalue weighted by atomic mass is 16.5. The van der Waals surface area contributed by atoms with Gasteiger partial charge in [0.2, 0.25) is 5.82 Å². The average Bonchev–Trinajstić information content (AvgIpc) is 2.89. The molecule has 0 atom stereocenters. The SMILES string of the molecule is COC1(c2noc(COCCN)n2)CCC(C)(C)CC1. The van der Waals surface area contributed by atoms with Crippen molar-refractivity contribution < 1.29 is 14.0 Å². The van der Waals surface area contributed by atoms with Gasteiger partial charge in [-0.05, 0) is 31.1 Å². The molecule has 1 heterocycles. The van der Waals surface area contributed by atoms with Gasteiger partial charge in [-0.3, -0.25) is 0 Å². The zero-order valence-corrected chi connectivity index (χ0v) is 12.6. The smallest absolute Gasteiger partial charge is 0.252 e. The van der Waals surface area contributed by atoms with E-state index in [1.807, 2.05) is 0 Å². The quantitative estimate of drug-likeness (QED) is 0.804. The number of nitrogens with two attached hydrogens (primary N) is 1. The van der Waals surface area contributed by atoms with Gasteiger partial charge in [0.05, 0.1) is 6.61 Å². The molecule has 1 aliphatic rings. The van der Waals surface area contributed by atoms with Crippen LogP contribution in [-0.2, 0) is 21.7 Å². The monoisotopic (exact) mass is 283 g/mol. The molecule has 114 valence electrons. The summed E-state index contributed by atoms with van der Waals surface area (Å²) in [5.41, 5.74) is 5.32. The maximum absolute atomic E-state index is 5.75. The molecule has 1 fully saturated rings. The minimum absolute atomic E-state index is 0.301. The number of rotatable bonds is 6. The van der Waals surface area contributed by atoms with E-state index in [2.05, 4.69) is 24.0 Å². The standard InChI is InChI=1S/C14H25N3O3/c1-13(2)4-6-14(18-3,7-5-13)12-16-11(20-17-12)10-19-9-8-15/h4-10,15H2,1-3H3. The highest BCUT2D eigenvalue weighted by molar-refractivity contribution is 5.05. The zero-order chi connectivity index (χ0) is 14.6. The first-order valence-corrected chi connectivity index (χ1v) is 7.17. The number of methoxy groups -OCH3 is 1. The van der Waals surface area contributed by atoms with Gasteiger partial charge in [-0.15, -0.1) is 0 Å². The van der Waals surface area contributed by atoms with Crippen LogP contribution in [0.3, 0.4) is 0 Å². The Kier molecular flexibility index (Phi) is 4.78. The molecular formula is C14H25N3O3. The van der Waals surface area contributed by atoms with Crippen molar-refractivity contribution in [3.05, 3.63) is 11.7 Å². The summed E-state index contributed by atoms with van der Waals surface area (Å²) < 4.78 is 16.3. The highest BCUT2D eigenvalue weighted by Gasteiger charge is 2.43. The number of ether oxygens (including phenoxy) is 2. The van der Waals surface area contributed by atoms with Crippen molar-refractivity contribution in [2.75, 3.05) is 20.3 Å². The van der Waals surface area contributed by atoms with Crippen LogP contribution in [0.15, 0.2) is 4.52 Å². The van der Waals surface area contributed by atoms with E-state index in [4.69, 9.17) is 19.7 Å². The fourth-order valence-corrected chi connectivity index (χ4v) is 2.59. The van der Waals surface area contributed by atoms with Gasteiger partial charge in [0, 0.05) is 13.7 Å². The lowest BCUT2D eigenvalue weighted by Gasteiger charge is -2.40. The van der Waals surface area contributed by atoms with Gasteiger partial charge in [0.1, 0.15) is 12.2 Å². The number of hydrogen-bond donors (Lipinski definition) is 1. The molecule has 0 aliphatic heterocycles. The minimum Gasteiger partial charge on any atom is -0.370 e. The lowest BCUT2D eigenvalue weighted by atomic mass is 9.70. The van der Waals surface area contributed by atoms with Crippen LogP contribution in [0.1, 0.15) is 51.2 Å². The summed E-state index contributed by atoms with van der Waals surface area (Å²) in [6, 6.07) is 0. The molecule has 1 aromatic heterocycles. The molecule has 20 heavy (non-hydrogen) atoms. The third-order valence-corrected chi connectivity index (χ3v) is 4.17. The van der Waals surface area contributed by atoms with Gasteiger partial charge >= 0.3 is 0 Å². The zero-order valence-electron chi connectivity index (χ0n) is 12.6. The summed E-state index contributed by atoms with van der Waals surface area (Å²) in [4.78, 5) is 4.43. The lowest BCUT2D eigenvalue weighted by Crippen LogP contribution is -2.37. The Morgan fingerprint density at radius 3 is 2.55 bits per heavy atom. The fraction of sp³-hybridized carbons (Fsp3) is 0.857. The van der Waals surface area contributed by atoms with Crippen LogP contribution in [0.25, 0.3) is 0 Å². The Balaban J connectivity index is 2.05. The molecule has 0 bridgehead atoms. The van der Waals surface area contributed by atoms with Crippen molar-refractivity contribution in [3.63, 3.8) is 0 Å². The van der Waals surface area contributed by atoms with Crippen LogP contribution in [0.2, 0.25) is 0 Å². The summed E-state index contributed by atoms with van der Waals surface area (Å²) in [5.74, 6) is 1.12. The van der Waals surface area contributed by atoms with Gasteiger partial charge in [-0.2, -0.15) is 4.98 Å². The van der Waals surface area contributed by atoms with E-state index in [0.717, 1.165) is 25.7 Å². The van der Waals surface area contributed by atoms with E-state index in [9.17, 15) is 0 Å². The summed E-state index contributed by atoms with van der Waals surface area (Å²) in [7, 11) is 1.72. The third kappa shape index (κ3) is 3.37. The Bertz CT molecular complexity index is 421. The number of nitrogens with zero attached hydrogens (tertiary/aromatic N) is 2. The highest BCUT2D eigenvalue weighted by Crippen LogP contribution is 2.46. The summed E-state index contributed by atoms with van der Waals surface area (Å²) in [5, 5.41) is 4.09. The molecule has 1 aliphatic carbocycles. The van der Waals surface area contributed by atoms with E-state index in [-0.39, 0.29) is 0 Å². The second kappa shape index (κ2) is 6.20. The molecule has 0 spiro atoms. The van der Waals surface area contributed by atoms with Crippen LogP contribution in [0.4, 0.5) is 0 Å². The van der Waals surface area contributed by atoms with E-state index in [0.29, 0.717) is 36.9 Å². The predicted molar refractivity (Wildman–Crippen MR) is 73.9 cm³/mol. The van der Waals surface area contributed by atoms with Gasteiger partial charge in [-0.1, -0.05) is 19.0 Å². The minimum atomic E-state index is -0.412. The molecule has 1 aromatic rings. The molecule has 0 saturated heterocycles. The molecule has 0 unspecified atom stereocenters. The predicted octanol–water partition coefficient (Wildman–Crippen LogP) is 1.99. The van der Waals surface area contributed by atoms with Gasteiger partial charge in [-0.25, -0.2) is 0 Å². The van der Waals surface area contributed by atoms with Crippen LogP contribution >= 0.6 is 0 Å². The number of hydrogen-bond acceptors (Lipinski definition) is 6. The van der Waals surface area contributed by atoms with Gasteiger partial charge in [0.25, 0.3) is 5.89 Å². The van der Waals surface area contributed by atoms with Crippen molar-refractivity contribution >= 4 is 0 Å². The normalized spacial score (nSPS) is 21.0. The average molecular weight is 283 g/mol. The molecular weight excluding hydrogens is 258 g/mol. The molecule has 1 saturated carbocycles. The first kappa shape index (κ1) is 15.4. The van der Waals surface area contributed by atoms with Crippen LogP contribution in [0.5, 0.6) is 0 Å². The Labute approximate surface area is 120 Å². The van der Waals surface area contributed by atoms with Crippen molar-refractivity contribution in [1.29, 1.82) is 0 Å². The topological polar surface area (TPSA) is 83.4 Å². The molecule has 2 N–H and O–H groups in total. The summed E-state index contributed by atoms with van der Waals surface area (Å²) in [6.07, 6.45) is 4.01. The van der Waals surface area contributed by atoms with Gasteiger partial charge in [0.15, 0.2) is 0 Å². The van der Waals surface area contributed by atoms with Gasteiger partial charge < -0.3 is 19.7 Å². The molecule has 6 nitrogen and oxygen atoms in total. The fourth-order valence-electron chi connectivity index (χ4n) is 2.59. The molecule has 2 rings (SSSR count). The van der Waals surface area contributed by atoms with Crippen molar-refractivity contribution in [2.24, 2.45) is 11.1 Å².